The van der Waals surface area contributed by atoms with Crippen molar-refractivity contribution in [2.75, 3.05) is 0 Å². The van der Waals surface area contributed by atoms with Crippen molar-refractivity contribution in [1.82, 2.24) is 5.73 Å². The van der Waals surface area contributed by atoms with Crippen LogP contribution in [0.1, 0.15) is 27.2 Å². The number of nitrogens with zero attached hydrogens (tertiary/aromatic N) is 1. The Balaban J connectivity index is 3.63. The largest absolute Gasteiger partial charge is 0.252 e. The molecule has 0 rings (SSSR count). The lowest BCUT2D eigenvalue weighted by molar-refractivity contribution is 0.414. The zero-order valence-electron chi connectivity index (χ0n) is 6.23. The standard InChI is InChI=1S/C7H13N2/c1-6(5-8)4-7(2,3)9/h6,9H,4H2,1-3H3. The molecule has 0 spiro atoms. The molecule has 0 saturated heterocycles. The fourth-order valence-corrected chi connectivity index (χ4v) is 0.811. The summed E-state index contributed by atoms with van der Waals surface area (Å²) in [5.41, 5.74) is 6.97. The summed E-state index contributed by atoms with van der Waals surface area (Å²) in [5.74, 6) is 0.0116. The average Bonchev–Trinajstić information content (AvgIpc) is 1.62. The van der Waals surface area contributed by atoms with E-state index in [9.17, 15) is 0 Å². The van der Waals surface area contributed by atoms with Gasteiger partial charge in [0.1, 0.15) is 0 Å². The first-order valence-corrected chi connectivity index (χ1v) is 3.10. The first-order valence-electron chi connectivity index (χ1n) is 3.10. The molecule has 51 valence electrons. The topological polar surface area (TPSA) is 47.6 Å². The number of rotatable bonds is 2. The highest BCUT2D eigenvalue weighted by atomic mass is 14.7. The van der Waals surface area contributed by atoms with E-state index in [1.807, 2.05) is 20.8 Å². The maximum atomic E-state index is 8.36. The molecule has 0 saturated carbocycles. The van der Waals surface area contributed by atoms with Gasteiger partial charge in [-0.1, -0.05) is 0 Å². The third-order valence-electron chi connectivity index (χ3n) is 1.04. The Labute approximate surface area is 56.7 Å². The first-order chi connectivity index (χ1) is 3.95. The Morgan fingerprint density at radius 1 is 1.67 bits per heavy atom. The van der Waals surface area contributed by atoms with Gasteiger partial charge in [0.25, 0.3) is 0 Å². The molecule has 1 N–H and O–H groups in total. The molecular weight excluding hydrogens is 112 g/mol. The van der Waals surface area contributed by atoms with Gasteiger partial charge in [0.05, 0.1) is 6.07 Å². The molecule has 0 heterocycles. The maximum absolute atomic E-state index is 8.36. The molecule has 1 atom stereocenters. The molecule has 0 aromatic carbocycles. The molecule has 0 aromatic heterocycles. The van der Waals surface area contributed by atoms with Crippen molar-refractivity contribution < 1.29 is 0 Å². The Morgan fingerprint density at radius 2 is 2.11 bits per heavy atom. The highest BCUT2D eigenvalue weighted by molar-refractivity contribution is 4.85. The van der Waals surface area contributed by atoms with Crippen LogP contribution in [0.5, 0.6) is 0 Å². The second kappa shape index (κ2) is 2.84. The van der Waals surface area contributed by atoms with E-state index in [4.69, 9.17) is 11.0 Å². The van der Waals surface area contributed by atoms with Crippen LogP contribution >= 0.6 is 0 Å². The van der Waals surface area contributed by atoms with E-state index >= 15 is 0 Å². The van der Waals surface area contributed by atoms with Gasteiger partial charge in [0, 0.05) is 11.5 Å². The number of hydrogen-bond donors (Lipinski definition) is 0. The molecule has 0 aromatic rings. The van der Waals surface area contributed by atoms with Gasteiger partial charge in [-0.15, -0.1) is 0 Å². The fourth-order valence-electron chi connectivity index (χ4n) is 0.811. The van der Waals surface area contributed by atoms with Crippen LogP contribution in [-0.2, 0) is 0 Å². The van der Waals surface area contributed by atoms with Crippen molar-refractivity contribution in [3.63, 3.8) is 0 Å². The zero-order chi connectivity index (χ0) is 7.49. The smallest absolute Gasteiger partial charge is 0.0653 e. The minimum absolute atomic E-state index is 0.0116. The molecule has 0 aliphatic rings. The summed E-state index contributed by atoms with van der Waals surface area (Å²) in [5, 5.41) is 8.36. The van der Waals surface area contributed by atoms with Gasteiger partial charge in [0.15, 0.2) is 0 Å². The lowest BCUT2D eigenvalue weighted by Crippen LogP contribution is -2.23. The third-order valence-corrected chi connectivity index (χ3v) is 1.04. The van der Waals surface area contributed by atoms with Gasteiger partial charge in [-0.05, 0) is 27.2 Å². The van der Waals surface area contributed by atoms with Crippen LogP contribution in [0.15, 0.2) is 0 Å². The molecular formula is C7H13N2. The fraction of sp³-hybridized carbons (Fsp3) is 0.857. The average molecular weight is 125 g/mol. The van der Waals surface area contributed by atoms with Gasteiger partial charge in [0.2, 0.25) is 0 Å². The number of nitrogens with one attached hydrogen (secondary N) is 1. The van der Waals surface area contributed by atoms with E-state index in [0.29, 0.717) is 6.42 Å². The van der Waals surface area contributed by atoms with Crippen LogP contribution in [-0.4, -0.2) is 5.54 Å². The lowest BCUT2D eigenvalue weighted by atomic mass is 9.94. The van der Waals surface area contributed by atoms with Crippen LogP contribution in [0.2, 0.25) is 0 Å². The molecule has 0 bridgehead atoms. The molecule has 1 unspecified atom stereocenters. The summed E-state index contributed by atoms with van der Waals surface area (Å²) in [6.45, 7) is 5.48. The summed E-state index contributed by atoms with van der Waals surface area (Å²) in [6, 6.07) is 2.10. The second-order valence-corrected chi connectivity index (χ2v) is 3.12. The van der Waals surface area contributed by atoms with E-state index in [0.717, 1.165) is 0 Å². The predicted octanol–water partition coefficient (Wildman–Crippen LogP) is 1.60. The van der Waals surface area contributed by atoms with Gasteiger partial charge in [-0.3, -0.25) is 5.73 Å². The Kier molecular flexibility index (Phi) is 2.66. The second-order valence-electron chi connectivity index (χ2n) is 3.12. The van der Waals surface area contributed by atoms with Gasteiger partial charge >= 0.3 is 0 Å². The monoisotopic (exact) mass is 125 g/mol. The highest BCUT2D eigenvalue weighted by Crippen LogP contribution is 2.13. The lowest BCUT2D eigenvalue weighted by Gasteiger charge is -2.17. The van der Waals surface area contributed by atoms with E-state index in [2.05, 4.69) is 6.07 Å². The van der Waals surface area contributed by atoms with Crippen LogP contribution in [0, 0.1) is 17.2 Å². The Hall–Kier alpha value is -0.550. The van der Waals surface area contributed by atoms with E-state index in [1.165, 1.54) is 0 Å². The Morgan fingerprint density at radius 3 is 2.22 bits per heavy atom. The van der Waals surface area contributed by atoms with Crippen molar-refractivity contribution >= 4 is 0 Å². The van der Waals surface area contributed by atoms with Gasteiger partial charge < -0.3 is 0 Å². The molecule has 0 amide bonds. The molecule has 2 nitrogen and oxygen atoms in total. The minimum atomic E-state index is -0.449. The summed E-state index contributed by atoms with van der Waals surface area (Å²) in [4.78, 5) is 0. The van der Waals surface area contributed by atoms with Crippen LogP contribution in [0.4, 0.5) is 0 Å². The molecule has 9 heavy (non-hydrogen) atoms. The molecule has 0 aliphatic heterocycles. The van der Waals surface area contributed by atoms with Crippen molar-refractivity contribution in [1.29, 1.82) is 5.26 Å². The maximum Gasteiger partial charge on any atom is 0.0653 e. The summed E-state index contributed by atoms with van der Waals surface area (Å²) in [6.07, 6.45) is 0.656. The van der Waals surface area contributed by atoms with Crippen LogP contribution in [0.3, 0.4) is 0 Å². The third kappa shape index (κ3) is 5.32. The van der Waals surface area contributed by atoms with Crippen molar-refractivity contribution in [3.05, 3.63) is 0 Å². The predicted molar refractivity (Wildman–Crippen MR) is 36.6 cm³/mol. The van der Waals surface area contributed by atoms with Crippen molar-refractivity contribution in [2.24, 2.45) is 5.92 Å². The summed E-state index contributed by atoms with van der Waals surface area (Å²) < 4.78 is 0. The molecule has 0 fully saturated rings. The normalized spacial score (nSPS) is 14.6. The SMILES string of the molecule is CC(C#N)CC(C)(C)[NH]. The first kappa shape index (κ1) is 8.45. The van der Waals surface area contributed by atoms with Crippen molar-refractivity contribution in [3.8, 4) is 6.07 Å². The number of hydrogen-bond acceptors (Lipinski definition) is 1. The summed E-state index contributed by atoms with van der Waals surface area (Å²) >= 11 is 0. The molecule has 2 heteroatoms. The quantitative estimate of drug-likeness (QED) is 0.553. The Bertz CT molecular complexity index is 116. The van der Waals surface area contributed by atoms with E-state index in [1.54, 1.807) is 0 Å². The van der Waals surface area contributed by atoms with Crippen LogP contribution < -0.4 is 5.73 Å². The van der Waals surface area contributed by atoms with E-state index < -0.39 is 5.54 Å². The number of nitriles is 1. The highest BCUT2D eigenvalue weighted by Gasteiger charge is 2.15. The zero-order valence-corrected chi connectivity index (χ0v) is 6.23. The molecule has 0 aliphatic carbocycles. The van der Waals surface area contributed by atoms with E-state index in [-0.39, 0.29) is 5.92 Å². The van der Waals surface area contributed by atoms with Gasteiger partial charge in [-0.25, -0.2) is 0 Å². The minimum Gasteiger partial charge on any atom is -0.252 e. The van der Waals surface area contributed by atoms with Crippen molar-refractivity contribution in [2.45, 2.75) is 32.7 Å². The van der Waals surface area contributed by atoms with Gasteiger partial charge in [-0.2, -0.15) is 5.26 Å². The molecule has 1 radical (unpaired) electrons. The van der Waals surface area contributed by atoms with Crippen LogP contribution in [0.25, 0.3) is 0 Å². The summed E-state index contributed by atoms with van der Waals surface area (Å²) in [7, 11) is 0.